The van der Waals surface area contributed by atoms with Crippen LogP contribution in [0.4, 0.5) is 0 Å². The highest BCUT2D eigenvalue weighted by molar-refractivity contribution is 7.09. The highest BCUT2D eigenvalue weighted by Crippen LogP contribution is 2.10. The van der Waals surface area contributed by atoms with Gasteiger partial charge in [0.05, 0.1) is 12.8 Å². The van der Waals surface area contributed by atoms with Gasteiger partial charge in [0, 0.05) is 30.5 Å². The van der Waals surface area contributed by atoms with Gasteiger partial charge in [0.25, 0.3) is 0 Å². The molecule has 0 spiro atoms. The monoisotopic (exact) mass is 235 g/mol. The third-order valence-corrected chi connectivity index (χ3v) is 3.26. The Bertz CT molecular complexity index is 501. The molecule has 5 heteroatoms. The predicted octanol–water partition coefficient (Wildman–Crippen LogP) is 1.54. The van der Waals surface area contributed by atoms with Gasteiger partial charge in [-0.15, -0.1) is 11.3 Å². The van der Waals surface area contributed by atoms with Crippen LogP contribution >= 0.6 is 11.3 Å². The summed E-state index contributed by atoms with van der Waals surface area (Å²) >= 11 is 1.54. The fourth-order valence-corrected chi connectivity index (χ4v) is 2.26. The summed E-state index contributed by atoms with van der Waals surface area (Å²) in [6.45, 7) is 1.93. The molecule has 0 amide bonds. The van der Waals surface area contributed by atoms with E-state index in [1.54, 1.807) is 6.20 Å². The van der Waals surface area contributed by atoms with Crippen molar-refractivity contribution in [3.8, 4) is 0 Å². The van der Waals surface area contributed by atoms with Crippen LogP contribution in [0.1, 0.15) is 16.5 Å². The molecule has 16 heavy (non-hydrogen) atoms. The lowest BCUT2D eigenvalue weighted by atomic mass is 10.2. The number of hydrogen-bond donors (Lipinski definition) is 0. The lowest BCUT2D eigenvalue weighted by molar-refractivity contribution is -0.117. The molecular formula is C11H13N3OS. The molecule has 4 nitrogen and oxygen atoms in total. The standard InChI is InChI=1S/C11H13N3OS/c1-8-7-16-11(13-8)6-9(15)5-10-12-3-4-14(10)2/h3-4,7H,5-6H2,1-2H3. The summed E-state index contributed by atoms with van der Waals surface area (Å²) in [7, 11) is 1.89. The van der Waals surface area contributed by atoms with Crippen molar-refractivity contribution in [2.24, 2.45) is 7.05 Å². The van der Waals surface area contributed by atoms with Crippen molar-refractivity contribution in [3.05, 3.63) is 34.3 Å². The fourth-order valence-electron chi connectivity index (χ4n) is 1.46. The average molecular weight is 235 g/mol. The number of rotatable bonds is 4. The Kier molecular flexibility index (Phi) is 3.14. The molecule has 0 aromatic carbocycles. The molecule has 0 N–H and O–H groups in total. The lowest BCUT2D eigenvalue weighted by Crippen LogP contribution is -2.10. The first kappa shape index (κ1) is 11.0. The summed E-state index contributed by atoms with van der Waals surface area (Å²) in [6.07, 6.45) is 4.33. The topological polar surface area (TPSA) is 47.8 Å². The van der Waals surface area contributed by atoms with Crippen LogP contribution in [0.25, 0.3) is 0 Å². The van der Waals surface area contributed by atoms with E-state index in [1.807, 2.05) is 30.1 Å². The zero-order valence-corrected chi connectivity index (χ0v) is 10.1. The van der Waals surface area contributed by atoms with Crippen LogP contribution in [-0.4, -0.2) is 20.3 Å². The number of thiazole rings is 1. The second kappa shape index (κ2) is 4.57. The maximum absolute atomic E-state index is 11.8. The van der Waals surface area contributed by atoms with Crippen LogP contribution in [0.3, 0.4) is 0 Å². The van der Waals surface area contributed by atoms with E-state index in [4.69, 9.17) is 0 Å². The highest BCUT2D eigenvalue weighted by Gasteiger charge is 2.10. The van der Waals surface area contributed by atoms with Gasteiger partial charge in [-0.3, -0.25) is 4.79 Å². The van der Waals surface area contributed by atoms with E-state index in [-0.39, 0.29) is 5.78 Å². The summed E-state index contributed by atoms with van der Waals surface area (Å²) in [5.74, 6) is 0.960. The van der Waals surface area contributed by atoms with Crippen molar-refractivity contribution in [3.63, 3.8) is 0 Å². The van der Waals surface area contributed by atoms with E-state index in [9.17, 15) is 4.79 Å². The van der Waals surface area contributed by atoms with E-state index in [1.165, 1.54) is 11.3 Å². The Balaban J connectivity index is 1.97. The molecule has 0 bridgehead atoms. The molecule has 0 aliphatic carbocycles. The summed E-state index contributed by atoms with van der Waals surface area (Å²) in [4.78, 5) is 20.2. The first-order valence-electron chi connectivity index (χ1n) is 5.04. The second-order valence-electron chi connectivity index (χ2n) is 3.73. The zero-order chi connectivity index (χ0) is 11.5. The molecule has 0 fully saturated rings. The normalized spacial score (nSPS) is 10.6. The Hall–Kier alpha value is -1.49. The van der Waals surface area contributed by atoms with Gasteiger partial charge in [-0.05, 0) is 6.92 Å². The van der Waals surface area contributed by atoms with Crippen molar-refractivity contribution in [2.45, 2.75) is 19.8 Å². The first-order chi connectivity index (χ1) is 7.65. The predicted molar refractivity (Wildman–Crippen MR) is 62.5 cm³/mol. The minimum absolute atomic E-state index is 0.156. The largest absolute Gasteiger partial charge is 0.338 e. The van der Waals surface area contributed by atoms with Crippen LogP contribution in [0, 0.1) is 6.92 Å². The van der Waals surface area contributed by atoms with Crippen molar-refractivity contribution in [2.75, 3.05) is 0 Å². The molecule has 0 radical (unpaired) electrons. The molecule has 0 saturated carbocycles. The molecule has 2 heterocycles. The molecule has 0 aliphatic rings. The van der Waals surface area contributed by atoms with Gasteiger partial charge < -0.3 is 4.57 Å². The van der Waals surface area contributed by atoms with Gasteiger partial charge in [-0.1, -0.05) is 0 Å². The van der Waals surface area contributed by atoms with E-state index in [0.717, 1.165) is 16.5 Å². The smallest absolute Gasteiger partial charge is 0.147 e. The Morgan fingerprint density at radius 1 is 1.50 bits per heavy atom. The van der Waals surface area contributed by atoms with Gasteiger partial charge in [0.15, 0.2) is 0 Å². The molecule has 84 valence electrons. The molecule has 0 aliphatic heterocycles. The van der Waals surface area contributed by atoms with Gasteiger partial charge in [-0.2, -0.15) is 0 Å². The van der Waals surface area contributed by atoms with Crippen molar-refractivity contribution in [1.29, 1.82) is 0 Å². The molecular weight excluding hydrogens is 222 g/mol. The number of aromatic nitrogens is 3. The number of carbonyl (C=O) groups is 1. The van der Waals surface area contributed by atoms with Crippen LogP contribution in [0.5, 0.6) is 0 Å². The van der Waals surface area contributed by atoms with Crippen LogP contribution in [0.15, 0.2) is 17.8 Å². The summed E-state index contributed by atoms with van der Waals surface area (Å²) < 4.78 is 1.87. The van der Waals surface area contributed by atoms with Gasteiger partial charge in [0.2, 0.25) is 0 Å². The molecule has 0 atom stereocenters. The molecule has 0 saturated heterocycles. The highest BCUT2D eigenvalue weighted by atomic mass is 32.1. The average Bonchev–Trinajstić information content (AvgIpc) is 2.77. The van der Waals surface area contributed by atoms with Gasteiger partial charge in [-0.25, -0.2) is 9.97 Å². The Labute approximate surface area is 98.0 Å². The second-order valence-corrected chi connectivity index (χ2v) is 4.67. The number of carbonyl (C=O) groups excluding carboxylic acids is 1. The molecule has 2 rings (SSSR count). The Morgan fingerprint density at radius 3 is 2.88 bits per heavy atom. The maximum atomic E-state index is 11.8. The van der Waals surface area contributed by atoms with E-state index < -0.39 is 0 Å². The number of nitrogens with zero attached hydrogens (tertiary/aromatic N) is 3. The number of aryl methyl sites for hydroxylation is 2. The summed E-state index contributed by atoms with van der Waals surface area (Å²) in [6, 6.07) is 0. The molecule has 0 unspecified atom stereocenters. The third-order valence-electron chi connectivity index (χ3n) is 2.29. The number of imidazole rings is 1. The maximum Gasteiger partial charge on any atom is 0.147 e. The van der Waals surface area contributed by atoms with Crippen LogP contribution in [-0.2, 0) is 24.7 Å². The minimum Gasteiger partial charge on any atom is -0.338 e. The van der Waals surface area contributed by atoms with Gasteiger partial charge in [0.1, 0.15) is 16.6 Å². The fraction of sp³-hybridized carbons (Fsp3) is 0.364. The SMILES string of the molecule is Cc1csc(CC(=O)Cc2nccn2C)n1. The van der Waals surface area contributed by atoms with Crippen LogP contribution in [0.2, 0.25) is 0 Å². The van der Waals surface area contributed by atoms with E-state index in [2.05, 4.69) is 9.97 Å². The molecule has 2 aromatic heterocycles. The Morgan fingerprint density at radius 2 is 2.31 bits per heavy atom. The van der Waals surface area contributed by atoms with Gasteiger partial charge >= 0.3 is 0 Å². The minimum atomic E-state index is 0.156. The number of hydrogen-bond acceptors (Lipinski definition) is 4. The van der Waals surface area contributed by atoms with E-state index in [0.29, 0.717) is 12.8 Å². The van der Waals surface area contributed by atoms with Crippen molar-refractivity contribution < 1.29 is 4.79 Å². The number of ketones is 1. The summed E-state index contributed by atoms with van der Waals surface area (Å²) in [5, 5.41) is 2.85. The first-order valence-corrected chi connectivity index (χ1v) is 5.92. The zero-order valence-electron chi connectivity index (χ0n) is 9.30. The van der Waals surface area contributed by atoms with Crippen molar-refractivity contribution in [1.82, 2.24) is 14.5 Å². The number of Topliss-reactive ketones (excluding diaryl/α,β-unsaturated/α-hetero) is 1. The van der Waals surface area contributed by atoms with Crippen LogP contribution < -0.4 is 0 Å². The quantitative estimate of drug-likeness (QED) is 0.807. The third kappa shape index (κ3) is 2.55. The van der Waals surface area contributed by atoms with E-state index >= 15 is 0 Å². The van der Waals surface area contributed by atoms with Crippen molar-refractivity contribution >= 4 is 17.1 Å². The molecule has 2 aromatic rings. The lowest BCUT2D eigenvalue weighted by Gasteiger charge is -1.99. The summed E-state index contributed by atoms with van der Waals surface area (Å²) in [5.41, 5.74) is 0.977.